The van der Waals surface area contributed by atoms with Crippen molar-refractivity contribution < 1.29 is 4.79 Å². The summed E-state index contributed by atoms with van der Waals surface area (Å²) in [4.78, 5) is 27.5. The smallest absolute Gasteiger partial charge is 0.226 e. The maximum atomic E-state index is 13.2. The van der Waals surface area contributed by atoms with Crippen molar-refractivity contribution in [3.05, 3.63) is 28.2 Å². The number of carbonyl (C=O) groups is 1. The monoisotopic (exact) mass is 397 g/mol. The molecule has 0 bridgehead atoms. The summed E-state index contributed by atoms with van der Waals surface area (Å²) in [6.45, 7) is 8.00. The van der Waals surface area contributed by atoms with Gasteiger partial charge in [-0.25, -0.2) is 9.97 Å². The molecule has 3 aliphatic rings. The van der Waals surface area contributed by atoms with Gasteiger partial charge in [0, 0.05) is 37.4 Å². The van der Waals surface area contributed by atoms with Gasteiger partial charge in [-0.2, -0.15) is 0 Å². The largest absolute Gasteiger partial charge is 0.373 e. The Morgan fingerprint density at radius 2 is 1.79 bits per heavy atom. The van der Waals surface area contributed by atoms with E-state index in [9.17, 15) is 4.79 Å². The van der Waals surface area contributed by atoms with E-state index in [1.807, 2.05) is 11.9 Å². The van der Waals surface area contributed by atoms with Crippen LogP contribution in [0.4, 0.5) is 5.82 Å². The molecule has 1 saturated heterocycles. The Bertz CT molecular complexity index is 792. The minimum atomic E-state index is 0.137. The van der Waals surface area contributed by atoms with Gasteiger partial charge < -0.3 is 15.1 Å². The molecule has 0 aromatic carbocycles. The number of rotatable bonds is 3. The van der Waals surface area contributed by atoms with Crippen molar-refractivity contribution in [2.75, 3.05) is 39.0 Å². The first-order valence-corrected chi connectivity index (χ1v) is 11.2. The molecule has 0 radical (unpaired) electrons. The molecule has 158 valence electrons. The lowest BCUT2D eigenvalue weighted by Crippen LogP contribution is -2.41. The number of amides is 1. The fraction of sp³-hybridized carbons (Fsp3) is 0.696. The molecule has 1 unspecified atom stereocenters. The van der Waals surface area contributed by atoms with E-state index >= 15 is 0 Å². The summed E-state index contributed by atoms with van der Waals surface area (Å²) in [5, 5.41) is 3.29. The van der Waals surface area contributed by atoms with E-state index in [-0.39, 0.29) is 5.92 Å². The van der Waals surface area contributed by atoms with Gasteiger partial charge in [-0.15, -0.1) is 0 Å². The summed E-state index contributed by atoms with van der Waals surface area (Å²) >= 11 is 0. The number of nitrogens with zero attached hydrogens (tertiary/aromatic N) is 4. The first-order valence-electron chi connectivity index (χ1n) is 11.2. The molecule has 6 nitrogen and oxygen atoms in total. The number of anilines is 1. The summed E-state index contributed by atoms with van der Waals surface area (Å²) in [7, 11) is 4.11. The minimum absolute atomic E-state index is 0.137. The number of fused-ring (bicyclic) bond motifs is 1. The van der Waals surface area contributed by atoms with E-state index in [1.165, 1.54) is 11.1 Å². The third kappa shape index (κ3) is 4.18. The maximum absolute atomic E-state index is 13.2. The molecule has 1 atom stereocenters. The number of likely N-dealkylation sites (tertiary alicyclic amines) is 1. The van der Waals surface area contributed by atoms with Crippen LogP contribution in [0.5, 0.6) is 0 Å². The quantitative estimate of drug-likeness (QED) is 0.793. The summed E-state index contributed by atoms with van der Waals surface area (Å²) in [5.41, 5.74) is 5.11. The van der Waals surface area contributed by atoms with Gasteiger partial charge in [-0.05, 0) is 66.1 Å². The highest BCUT2D eigenvalue weighted by Gasteiger charge is 2.32. The number of nitrogens with one attached hydrogen (secondary N) is 1. The van der Waals surface area contributed by atoms with Crippen molar-refractivity contribution in [1.82, 2.24) is 19.8 Å². The highest BCUT2D eigenvalue weighted by Crippen LogP contribution is 2.33. The molecule has 1 amide bonds. The Labute approximate surface area is 174 Å². The fourth-order valence-electron chi connectivity index (χ4n) is 5.00. The van der Waals surface area contributed by atoms with Crippen LogP contribution >= 0.6 is 0 Å². The van der Waals surface area contributed by atoms with Crippen molar-refractivity contribution in [2.24, 2.45) is 5.92 Å². The molecule has 2 aliphatic heterocycles. The zero-order valence-electron chi connectivity index (χ0n) is 18.4. The molecule has 6 heteroatoms. The van der Waals surface area contributed by atoms with E-state index in [1.54, 1.807) is 0 Å². The number of carbonyl (C=O) groups excluding carboxylic acids is 1. The van der Waals surface area contributed by atoms with Crippen LogP contribution in [0.2, 0.25) is 0 Å². The van der Waals surface area contributed by atoms with E-state index in [0.717, 1.165) is 81.1 Å². The van der Waals surface area contributed by atoms with Crippen LogP contribution in [0.15, 0.2) is 11.1 Å². The average molecular weight is 398 g/mol. The van der Waals surface area contributed by atoms with E-state index in [0.29, 0.717) is 18.4 Å². The first kappa shape index (κ1) is 20.3. The van der Waals surface area contributed by atoms with Crippen LogP contribution in [0.25, 0.3) is 0 Å². The number of aromatic nitrogens is 2. The highest BCUT2D eigenvalue weighted by atomic mass is 16.2. The van der Waals surface area contributed by atoms with Crippen molar-refractivity contribution in [2.45, 2.75) is 64.8 Å². The standard InChI is InChI=1S/C23H35N5O/c1-15-5-6-18(13-16(15)2)23(29)28-12-9-20-19(14-28)22(24-3)26-21(25-20)17-7-10-27(4)11-8-17/h17-18H,5-14H2,1-4H3,(H,24,25,26). The van der Waals surface area contributed by atoms with Crippen molar-refractivity contribution in [1.29, 1.82) is 0 Å². The lowest BCUT2D eigenvalue weighted by atomic mass is 9.84. The van der Waals surface area contributed by atoms with E-state index in [2.05, 4.69) is 31.1 Å². The molecule has 0 spiro atoms. The van der Waals surface area contributed by atoms with Crippen LogP contribution < -0.4 is 5.32 Å². The van der Waals surface area contributed by atoms with Gasteiger partial charge in [0.1, 0.15) is 11.6 Å². The lowest BCUT2D eigenvalue weighted by Gasteiger charge is -2.34. The molecule has 4 rings (SSSR count). The second-order valence-electron chi connectivity index (χ2n) is 9.19. The molecule has 1 aromatic heterocycles. The van der Waals surface area contributed by atoms with Crippen LogP contribution in [-0.4, -0.2) is 59.4 Å². The van der Waals surface area contributed by atoms with E-state index in [4.69, 9.17) is 9.97 Å². The molecule has 3 heterocycles. The van der Waals surface area contributed by atoms with Gasteiger partial charge in [-0.1, -0.05) is 11.1 Å². The summed E-state index contributed by atoms with van der Waals surface area (Å²) in [6, 6.07) is 0. The predicted octanol–water partition coefficient (Wildman–Crippen LogP) is 3.35. The van der Waals surface area contributed by atoms with Crippen molar-refractivity contribution >= 4 is 11.7 Å². The molecular formula is C23H35N5O. The summed E-state index contributed by atoms with van der Waals surface area (Å²) in [6.07, 6.45) is 6.03. The van der Waals surface area contributed by atoms with E-state index < -0.39 is 0 Å². The summed E-state index contributed by atoms with van der Waals surface area (Å²) in [5.74, 6) is 2.80. The first-order chi connectivity index (χ1) is 14.0. The average Bonchev–Trinajstić information content (AvgIpc) is 2.74. The third-order valence-electron chi connectivity index (χ3n) is 7.21. The third-order valence-corrected chi connectivity index (χ3v) is 7.21. The Kier molecular flexibility index (Phi) is 5.91. The van der Waals surface area contributed by atoms with Crippen LogP contribution in [0.3, 0.4) is 0 Å². The molecule has 1 aliphatic carbocycles. The Morgan fingerprint density at radius 1 is 1.03 bits per heavy atom. The Morgan fingerprint density at radius 3 is 2.48 bits per heavy atom. The highest BCUT2D eigenvalue weighted by molar-refractivity contribution is 5.80. The Balaban J connectivity index is 1.51. The minimum Gasteiger partial charge on any atom is -0.373 e. The number of hydrogen-bond acceptors (Lipinski definition) is 5. The SMILES string of the molecule is CNc1nc(C2CCN(C)CC2)nc2c1CN(C(=O)C1CCC(C)=C(C)C1)CC2. The number of allylic oxidation sites excluding steroid dienone is 2. The number of piperidine rings is 1. The number of hydrogen-bond donors (Lipinski definition) is 1. The fourth-order valence-corrected chi connectivity index (χ4v) is 5.00. The molecule has 0 saturated carbocycles. The topological polar surface area (TPSA) is 61.4 Å². The normalized spacial score (nSPS) is 23.9. The molecular weight excluding hydrogens is 362 g/mol. The lowest BCUT2D eigenvalue weighted by molar-refractivity contribution is -0.136. The van der Waals surface area contributed by atoms with Gasteiger partial charge in [0.2, 0.25) is 5.91 Å². The zero-order valence-corrected chi connectivity index (χ0v) is 18.4. The van der Waals surface area contributed by atoms with Gasteiger partial charge in [0.15, 0.2) is 0 Å². The van der Waals surface area contributed by atoms with Gasteiger partial charge in [0.25, 0.3) is 0 Å². The molecule has 1 fully saturated rings. The van der Waals surface area contributed by atoms with Crippen molar-refractivity contribution in [3.63, 3.8) is 0 Å². The summed E-state index contributed by atoms with van der Waals surface area (Å²) < 4.78 is 0. The second kappa shape index (κ2) is 8.42. The van der Waals surface area contributed by atoms with Crippen LogP contribution in [0.1, 0.15) is 69.0 Å². The maximum Gasteiger partial charge on any atom is 0.226 e. The van der Waals surface area contributed by atoms with Crippen LogP contribution in [-0.2, 0) is 17.8 Å². The molecule has 29 heavy (non-hydrogen) atoms. The zero-order chi connectivity index (χ0) is 20.5. The predicted molar refractivity (Wildman–Crippen MR) is 116 cm³/mol. The van der Waals surface area contributed by atoms with Gasteiger partial charge in [0.05, 0.1) is 12.2 Å². The van der Waals surface area contributed by atoms with Crippen molar-refractivity contribution in [3.8, 4) is 0 Å². The van der Waals surface area contributed by atoms with Crippen LogP contribution in [0, 0.1) is 5.92 Å². The van der Waals surface area contributed by atoms with Gasteiger partial charge in [-0.3, -0.25) is 4.79 Å². The molecule has 1 N–H and O–H groups in total. The Hall–Kier alpha value is -1.95. The second-order valence-corrected chi connectivity index (χ2v) is 9.19. The molecule has 1 aromatic rings. The van der Waals surface area contributed by atoms with Gasteiger partial charge >= 0.3 is 0 Å².